The Balaban J connectivity index is 1.58. The predicted molar refractivity (Wildman–Crippen MR) is 127 cm³/mol. The van der Waals surface area contributed by atoms with Gasteiger partial charge in [0.15, 0.2) is 0 Å². The van der Waals surface area contributed by atoms with Gasteiger partial charge in [0, 0.05) is 19.0 Å². The molecule has 1 aromatic heterocycles. The second kappa shape index (κ2) is 9.24. The normalized spacial score (nSPS) is 10.9. The number of ketones is 1. The minimum atomic E-state index is -0.311. The maximum atomic E-state index is 12.4. The summed E-state index contributed by atoms with van der Waals surface area (Å²) in [6.07, 6.45) is 0.432. The van der Waals surface area contributed by atoms with Crippen LogP contribution >= 0.6 is 0 Å². The molecule has 0 aliphatic carbocycles. The third kappa shape index (κ3) is 4.77. The van der Waals surface area contributed by atoms with Gasteiger partial charge in [-0.3, -0.25) is 4.79 Å². The average molecular weight is 443 g/mol. The van der Waals surface area contributed by atoms with Gasteiger partial charge in [-0.15, -0.1) is 0 Å². The molecule has 0 aliphatic rings. The summed E-state index contributed by atoms with van der Waals surface area (Å²) in [7, 11) is 1.57. The fraction of sp³-hybridized carbons (Fsp3) is 0.231. The lowest BCUT2D eigenvalue weighted by Crippen LogP contribution is -2.23. The van der Waals surface area contributed by atoms with Crippen LogP contribution < -0.4 is 10.4 Å². The van der Waals surface area contributed by atoms with Gasteiger partial charge in [-0.1, -0.05) is 42.5 Å². The van der Waals surface area contributed by atoms with Crippen molar-refractivity contribution in [2.75, 3.05) is 0 Å². The van der Waals surface area contributed by atoms with E-state index in [-0.39, 0.29) is 11.5 Å². The van der Waals surface area contributed by atoms with E-state index in [0.717, 1.165) is 39.1 Å². The van der Waals surface area contributed by atoms with Gasteiger partial charge in [-0.25, -0.2) is 4.79 Å². The molecule has 4 aromatic rings. The maximum Gasteiger partial charge on any atom is 0.368 e. The summed E-state index contributed by atoms with van der Waals surface area (Å²) in [6.45, 7) is 5.88. The Morgan fingerprint density at radius 1 is 0.939 bits per heavy atom. The molecule has 33 heavy (non-hydrogen) atoms. The zero-order valence-electron chi connectivity index (χ0n) is 19.2. The Hall–Kier alpha value is -4.00. The molecule has 0 fully saturated rings. The van der Waals surface area contributed by atoms with Crippen molar-refractivity contribution in [1.82, 2.24) is 19.8 Å². The number of rotatable bonds is 7. The zero-order chi connectivity index (χ0) is 23.5. The summed E-state index contributed by atoms with van der Waals surface area (Å²) in [5.41, 5.74) is 6.35. The van der Waals surface area contributed by atoms with Gasteiger partial charge < -0.3 is 4.74 Å². The monoisotopic (exact) mass is 442 g/mol. The topological polar surface area (TPSA) is 79.0 Å². The molecule has 0 atom stereocenters. The highest BCUT2D eigenvalue weighted by molar-refractivity contribution is 5.79. The Labute approximate surface area is 192 Å². The van der Waals surface area contributed by atoms with Gasteiger partial charge >= 0.3 is 5.69 Å². The molecule has 7 heteroatoms. The second-order valence-electron chi connectivity index (χ2n) is 8.22. The van der Waals surface area contributed by atoms with E-state index in [1.807, 2.05) is 62.4 Å². The minimum absolute atomic E-state index is 0.145. The van der Waals surface area contributed by atoms with Crippen LogP contribution in [-0.2, 0) is 24.9 Å². The van der Waals surface area contributed by atoms with E-state index in [2.05, 4.69) is 22.6 Å². The summed E-state index contributed by atoms with van der Waals surface area (Å²) in [4.78, 5) is 23.8. The van der Waals surface area contributed by atoms with E-state index in [1.54, 1.807) is 14.0 Å². The van der Waals surface area contributed by atoms with Gasteiger partial charge in [-0.05, 0) is 77.2 Å². The number of hydrogen-bond acceptors (Lipinski definition) is 5. The number of hydrogen-bond donors (Lipinski definition) is 0. The van der Waals surface area contributed by atoms with Crippen LogP contribution in [0.15, 0.2) is 65.5 Å². The summed E-state index contributed by atoms with van der Waals surface area (Å²) in [5, 5.41) is 7.78. The average Bonchev–Trinajstić information content (AvgIpc) is 3.11. The van der Waals surface area contributed by atoms with Gasteiger partial charge in [0.05, 0.1) is 5.69 Å². The summed E-state index contributed by atoms with van der Waals surface area (Å²) >= 11 is 0. The van der Waals surface area contributed by atoms with Gasteiger partial charge in [0.1, 0.15) is 18.1 Å². The molecular formula is C26H26N4O3. The second-order valence-corrected chi connectivity index (χ2v) is 8.22. The van der Waals surface area contributed by atoms with E-state index in [0.29, 0.717) is 18.7 Å². The Kier molecular flexibility index (Phi) is 6.22. The van der Waals surface area contributed by atoms with Crippen molar-refractivity contribution in [2.24, 2.45) is 7.05 Å². The number of tetrazole rings is 1. The number of ether oxygens (including phenoxy) is 1. The molecule has 0 radical (unpaired) electrons. The molecule has 0 spiro atoms. The van der Waals surface area contributed by atoms with Gasteiger partial charge in [-0.2, -0.15) is 9.36 Å². The molecule has 0 aliphatic heterocycles. The molecule has 0 saturated carbocycles. The van der Waals surface area contributed by atoms with E-state index in [9.17, 15) is 9.59 Å². The van der Waals surface area contributed by atoms with Crippen molar-refractivity contribution >= 4 is 5.78 Å². The number of aryl methyl sites for hydroxylation is 3. The van der Waals surface area contributed by atoms with Crippen LogP contribution in [0.5, 0.6) is 5.75 Å². The molecule has 7 nitrogen and oxygen atoms in total. The van der Waals surface area contributed by atoms with E-state index in [1.165, 1.54) is 9.36 Å². The van der Waals surface area contributed by atoms with Crippen LogP contribution in [0.25, 0.3) is 16.8 Å². The lowest BCUT2D eigenvalue weighted by atomic mass is 9.99. The van der Waals surface area contributed by atoms with Crippen molar-refractivity contribution in [3.63, 3.8) is 0 Å². The third-order valence-electron chi connectivity index (χ3n) is 5.60. The highest BCUT2D eigenvalue weighted by atomic mass is 16.5. The first-order chi connectivity index (χ1) is 15.8. The number of carbonyl (C=O) groups excluding carboxylic acids is 1. The Morgan fingerprint density at radius 2 is 1.70 bits per heavy atom. The van der Waals surface area contributed by atoms with Crippen molar-refractivity contribution in [3.05, 3.63) is 93.4 Å². The van der Waals surface area contributed by atoms with Crippen LogP contribution in [0.1, 0.15) is 29.2 Å². The Bertz CT molecular complexity index is 1380. The highest BCUT2D eigenvalue weighted by Gasteiger charge is 2.14. The summed E-state index contributed by atoms with van der Waals surface area (Å²) in [5.74, 6) is 0.908. The quantitative estimate of drug-likeness (QED) is 0.433. The van der Waals surface area contributed by atoms with Gasteiger partial charge in [0.2, 0.25) is 0 Å². The smallest absolute Gasteiger partial charge is 0.368 e. The molecule has 0 saturated heterocycles. The van der Waals surface area contributed by atoms with Crippen molar-refractivity contribution in [2.45, 2.75) is 33.8 Å². The first-order valence-electron chi connectivity index (χ1n) is 10.7. The third-order valence-corrected chi connectivity index (χ3v) is 5.60. The van der Waals surface area contributed by atoms with E-state index >= 15 is 0 Å². The number of nitrogens with zero attached hydrogens (tertiary/aromatic N) is 4. The number of carbonyl (C=O) groups is 1. The summed E-state index contributed by atoms with van der Waals surface area (Å²) < 4.78 is 8.65. The van der Waals surface area contributed by atoms with E-state index < -0.39 is 0 Å². The molecule has 0 unspecified atom stereocenters. The van der Waals surface area contributed by atoms with Gasteiger partial charge in [0.25, 0.3) is 0 Å². The first-order valence-corrected chi connectivity index (χ1v) is 10.7. The van der Waals surface area contributed by atoms with Crippen LogP contribution in [0, 0.1) is 13.8 Å². The largest absolute Gasteiger partial charge is 0.489 e. The van der Waals surface area contributed by atoms with E-state index in [4.69, 9.17) is 4.74 Å². The van der Waals surface area contributed by atoms with Crippen LogP contribution in [0.3, 0.4) is 0 Å². The van der Waals surface area contributed by atoms with Crippen LogP contribution in [0.4, 0.5) is 0 Å². The predicted octanol–water partition coefficient (Wildman–Crippen LogP) is 3.96. The standard InChI is InChI=1S/C26H26N4O3/c1-17-7-5-10-24(30-26(32)29(4)27-28-30)23(17)16-33-25-12-11-22(13-18(25)2)21-9-6-8-20(15-21)14-19(3)31/h5-13,15H,14,16H2,1-4H3. The molecule has 0 amide bonds. The first kappa shape index (κ1) is 22.2. The molecule has 168 valence electrons. The van der Waals surface area contributed by atoms with Crippen molar-refractivity contribution in [3.8, 4) is 22.6 Å². The summed E-state index contributed by atoms with van der Waals surface area (Å²) in [6, 6.07) is 19.8. The maximum absolute atomic E-state index is 12.4. The lowest BCUT2D eigenvalue weighted by molar-refractivity contribution is -0.116. The Morgan fingerprint density at radius 3 is 2.39 bits per heavy atom. The molecule has 0 bridgehead atoms. The molecule has 4 rings (SSSR count). The fourth-order valence-electron chi connectivity index (χ4n) is 3.83. The molecular weight excluding hydrogens is 416 g/mol. The number of aromatic nitrogens is 4. The lowest BCUT2D eigenvalue weighted by Gasteiger charge is -2.15. The molecule has 3 aromatic carbocycles. The van der Waals surface area contributed by atoms with Crippen LogP contribution in [0.2, 0.25) is 0 Å². The zero-order valence-corrected chi connectivity index (χ0v) is 19.2. The molecule has 0 N–H and O–H groups in total. The fourth-order valence-corrected chi connectivity index (χ4v) is 3.83. The van der Waals surface area contributed by atoms with Crippen LogP contribution in [-0.4, -0.2) is 25.6 Å². The van der Waals surface area contributed by atoms with Crippen molar-refractivity contribution < 1.29 is 9.53 Å². The minimum Gasteiger partial charge on any atom is -0.489 e. The SMILES string of the molecule is CC(=O)Cc1cccc(-c2ccc(OCc3c(C)cccc3-n3nnn(C)c3=O)c(C)c2)c1. The van der Waals surface area contributed by atoms with Crippen molar-refractivity contribution in [1.29, 1.82) is 0 Å². The number of benzene rings is 3. The number of Topliss-reactive ketones (excluding diaryl/α,β-unsaturated/α-hetero) is 1. The molecule has 1 heterocycles. The highest BCUT2D eigenvalue weighted by Crippen LogP contribution is 2.28.